The summed E-state index contributed by atoms with van der Waals surface area (Å²) in [5.41, 5.74) is 0. The van der Waals surface area contributed by atoms with Gasteiger partial charge in [0.15, 0.2) is 0 Å². The maximum absolute atomic E-state index is 0. The Hall–Kier alpha value is 1.09. The Labute approximate surface area is 49.6 Å². The molecule has 0 saturated carbocycles. The summed E-state index contributed by atoms with van der Waals surface area (Å²) in [5, 5.41) is 0. The zero-order valence-corrected chi connectivity index (χ0v) is 7.17. The van der Waals surface area contributed by atoms with E-state index < -0.39 is 0 Å². The fourth-order valence-corrected chi connectivity index (χ4v) is 0. The smallest absolute Gasteiger partial charge is 3.00 e. The molecule has 0 aromatic heterocycles. The van der Waals surface area contributed by atoms with Crippen molar-refractivity contribution in [1.29, 1.82) is 0 Å². The second-order valence-corrected chi connectivity index (χ2v) is 0. The van der Waals surface area contributed by atoms with Gasteiger partial charge in [0, 0.05) is 0 Å². The number of rotatable bonds is 0. The first-order chi connectivity index (χ1) is 0. The predicted molar refractivity (Wildman–Crippen MR) is 12.5 cm³/mol. The van der Waals surface area contributed by atoms with Crippen LogP contribution < -0.4 is 0 Å². The molecule has 0 heterocycles. The van der Waals surface area contributed by atoms with Crippen LogP contribution in [0.3, 0.4) is 0 Å². The van der Waals surface area contributed by atoms with Gasteiger partial charge in [0.1, 0.15) is 0 Å². The molecule has 0 unspecified atom stereocenters. The molecular formula is GeN2Zn. The van der Waals surface area contributed by atoms with E-state index in [2.05, 4.69) is 0 Å². The molecule has 4 heteroatoms. The molecule has 0 aromatic rings. The number of hydrogen-bond acceptors (Lipinski definition) is 0. The third-order valence-electron chi connectivity index (χ3n) is 0. The van der Waals surface area contributed by atoms with E-state index in [4.69, 9.17) is 0 Å². The quantitative estimate of drug-likeness (QED) is 0.461. The van der Waals surface area contributed by atoms with Crippen molar-refractivity contribution in [1.82, 2.24) is 0 Å². The summed E-state index contributed by atoms with van der Waals surface area (Å²) < 4.78 is 0. The van der Waals surface area contributed by atoms with Crippen LogP contribution in [-0.4, -0.2) is 17.6 Å². The average Bonchev–Trinajstić information content (AvgIpc) is 0. The molecule has 0 bridgehead atoms. The third kappa shape index (κ3) is 11.4. The summed E-state index contributed by atoms with van der Waals surface area (Å²) in [6.45, 7) is 0. The van der Waals surface area contributed by atoms with Gasteiger partial charge in [-0.15, -0.1) is 0 Å². The summed E-state index contributed by atoms with van der Waals surface area (Å²) in [6.07, 6.45) is 0. The van der Waals surface area contributed by atoms with E-state index in [0.717, 1.165) is 0 Å². The predicted octanol–water partition coefficient (Wildman–Crippen LogP) is 0.194. The molecule has 0 rings (SSSR count). The van der Waals surface area contributed by atoms with Crippen LogP contribution in [0.2, 0.25) is 0 Å². The first kappa shape index (κ1) is 72.0. The van der Waals surface area contributed by atoms with Crippen LogP contribution in [-0.2, 0) is 19.5 Å². The first-order valence-electron chi connectivity index (χ1n) is 0. The molecule has 0 aliphatic heterocycles. The van der Waals surface area contributed by atoms with Crippen molar-refractivity contribution in [2.75, 3.05) is 0 Å². The van der Waals surface area contributed by atoms with Crippen LogP contribution in [0.15, 0.2) is 0 Å². The fourth-order valence-electron chi connectivity index (χ4n) is 0. The minimum absolute atomic E-state index is 0. The van der Waals surface area contributed by atoms with Crippen molar-refractivity contribution in [3.63, 3.8) is 0 Å². The Kier molecular flexibility index (Phi) is 594. The van der Waals surface area contributed by atoms with Gasteiger partial charge in [0.05, 0.1) is 0 Å². The van der Waals surface area contributed by atoms with Gasteiger partial charge in [0.25, 0.3) is 0 Å². The molecule has 16 valence electrons. The molecule has 0 amide bonds. The summed E-state index contributed by atoms with van der Waals surface area (Å²) in [6, 6.07) is 0. The van der Waals surface area contributed by atoms with E-state index in [-0.39, 0.29) is 49.4 Å². The van der Waals surface area contributed by atoms with Crippen LogP contribution in [0.4, 0.5) is 0 Å². The summed E-state index contributed by atoms with van der Waals surface area (Å²) in [7, 11) is 0. The first-order valence-corrected chi connectivity index (χ1v) is 0. The molecular weight excluding hydrogens is 166 g/mol. The second-order valence-electron chi connectivity index (χ2n) is 0. The van der Waals surface area contributed by atoms with Gasteiger partial charge in [-0.3, -0.25) is 0 Å². The Balaban J connectivity index is 0. The summed E-state index contributed by atoms with van der Waals surface area (Å²) >= 11 is 0. The largest absolute Gasteiger partial charge is 4.00 e. The van der Waals surface area contributed by atoms with Crippen LogP contribution in [0.1, 0.15) is 0 Å². The van der Waals surface area contributed by atoms with Crippen LogP contribution >= 0.6 is 0 Å². The molecule has 0 aliphatic carbocycles. The number of hydrogen-bond donors (Lipinski definition) is 0. The van der Waals surface area contributed by atoms with Crippen molar-refractivity contribution in [2.24, 2.45) is 0 Å². The van der Waals surface area contributed by atoms with Gasteiger partial charge >= 0.3 is 37.1 Å². The van der Waals surface area contributed by atoms with Crippen molar-refractivity contribution < 1.29 is 19.5 Å². The normalized spacial score (nSPS) is 0. The van der Waals surface area contributed by atoms with Gasteiger partial charge in [-0.1, -0.05) is 0 Å². The van der Waals surface area contributed by atoms with Gasteiger partial charge in [-0.25, -0.2) is 0 Å². The van der Waals surface area contributed by atoms with E-state index in [1.54, 1.807) is 0 Å². The van der Waals surface area contributed by atoms with Crippen LogP contribution in [0.5, 0.6) is 0 Å². The average molecular weight is 166 g/mol. The summed E-state index contributed by atoms with van der Waals surface area (Å²) in [5.74, 6) is 0. The second kappa shape index (κ2) is 33.0. The van der Waals surface area contributed by atoms with Gasteiger partial charge in [-0.05, 0) is 0 Å². The molecule has 0 radical (unpaired) electrons. The maximum atomic E-state index is 0. The maximum Gasteiger partial charge on any atom is 4.00 e. The van der Waals surface area contributed by atoms with Crippen molar-refractivity contribution in [3.8, 4) is 0 Å². The minimum Gasteiger partial charge on any atom is -3.00 e. The van der Waals surface area contributed by atoms with Gasteiger partial charge < -0.3 is 12.3 Å². The Bertz CT molecular complexity index is 6.00. The molecule has 0 spiro atoms. The molecule has 4 heavy (non-hydrogen) atoms. The number of nitrogens with zero attached hydrogens (tertiary/aromatic N) is 2. The standard InChI is InChI=1S/Ge.2N.Zn/q+4;2*-3;+2. The topological polar surface area (TPSA) is 61.0 Å². The monoisotopic (exact) mass is 166 g/mol. The van der Waals surface area contributed by atoms with E-state index in [0.29, 0.717) is 0 Å². The molecule has 0 fully saturated rings. The van der Waals surface area contributed by atoms with Gasteiger partial charge in [-0.2, -0.15) is 0 Å². The van der Waals surface area contributed by atoms with E-state index in [1.165, 1.54) is 0 Å². The van der Waals surface area contributed by atoms with Crippen molar-refractivity contribution in [2.45, 2.75) is 0 Å². The van der Waals surface area contributed by atoms with Crippen molar-refractivity contribution in [3.05, 3.63) is 12.3 Å². The Morgan fingerprint density at radius 1 is 0.750 bits per heavy atom. The van der Waals surface area contributed by atoms with E-state index in [1.807, 2.05) is 0 Å². The molecule has 0 aliphatic rings. The van der Waals surface area contributed by atoms with Crippen LogP contribution in [0.25, 0.3) is 12.3 Å². The van der Waals surface area contributed by atoms with Crippen molar-refractivity contribution >= 4 is 17.6 Å². The van der Waals surface area contributed by atoms with E-state index >= 15 is 0 Å². The third-order valence-corrected chi connectivity index (χ3v) is 0. The van der Waals surface area contributed by atoms with E-state index in [9.17, 15) is 0 Å². The molecule has 0 saturated heterocycles. The van der Waals surface area contributed by atoms with Gasteiger partial charge in [0.2, 0.25) is 0 Å². The zero-order chi connectivity index (χ0) is 0. The minimum atomic E-state index is 0. The van der Waals surface area contributed by atoms with Crippen LogP contribution in [0, 0.1) is 0 Å². The SMILES string of the molecule is [Ge+4].[N-3].[N-3].[Zn+2]. The molecule has 0 aromatic carbocycles. The Morgan fingerprint density at radius 2 is 0.750 bits per heavy atom. The zero-order valence-electron chi connectivity index (χ0n) is 2.10. The Morgan fingerprint density at radius 3 is 0.750 bits per heavy atom. The molecule has 0 atom stereocenters. The molecule has 2 nitrogen and oxygen atoms in total. The molecule has 0 N–H and O–H groups in total. The summed E-state index contributed by atoms with van der Waals surface area (Å²) in [4.78, 5) is 0. The fraction of sp³-hybridized carbons (Fsp3) is 0.